The first-order valence-electron chi connectivity index (χ1n) is 8.32. The van der Waals surface area contributed by atoms with E-state index in [2.05, 4.69) is 49.2 Å². The molecule has 0 aliphatic carbocycles. The standard InChI is InChI=1S/C18H28N2OS/c1-4-11-20(16-7-9-19-10-8-16)18(21)13-22-17-12-14(2)5-6-15(17)3/h5-6,12,16,19H,4,7-11,13H2,1-3H3. The number of thioether (sulfide) groups is 1. The molecule has 1 fully saturated rings. The summed E-state index contributed by atoms with van der Waals surface area (Å²) in [5, 5.41) is 3.38. The monoisotopic (exact) mass is 320 g/mol. The molecule has 1 aliphatic rings. The van der Waals surface area contributed by atoms with Gasteiger partial charge in [-0.15, -0.1) is 11.8 Å². The molecule has 0 unspecified atom stereocenters. The highest BCUT2D eigenvalue weighted by atomic mass is 32.2. The molecule has 1 amide bonds. The summed E-state index contributed by atoms with van der Waals surface area (Å²) in [6.07, 6.45) is 3.20. The first-order chi connectivity index (χ1) is 10.6. The first-order valence-corrected chi connectivity index (χ1v) is 9.30. The number of carbonyl (C=O) groups excluding carboxylic acids is 1. The van der Waals surface area contributed by atoms with Gasteiger partial charge in [0.1, 0.15) is 0 Å². The lowest BCUT2D eigenvalue weighted by Crippen LogP contribution is -2.47. The Hall–Kier alpha value is -1.00. The van der Waals surface area contributed by atoms with Crippen molar-refractivity contribution >= 4 is 17.7 Å². The number of piperidine rings is 1. The minimum absolute atomic E-state index is 0.291. The third-order valence-electron chi connectivity index (χ3n) is 4.23. The second kappa shape index (κ2) is 8.59. The molecule has 1 aromatic carbocycles. The van der Waals surface area contributed by atoms with Crippen molar-refractivity contribution < 1.29 is 4.79 Å². The van der Waals surface area contributed by atoms with Crippen molar-refractivity contribution in [2.75, 3.05) is 25.4 Å². The molecule has 0 spiro atoms. The topological polar surface area (TPSA) is 32.3 Å². The van der Waals surface area contributed by atoms with E-state index in [-0.39, 0.29) is 0 Å². The fourth-order valence-electron chi connectivity index (χ4n) is 2.96. The van der Waals surface area contributed by atoms with Crippen LogP contribution in [0.4, 0.5) is 0 Å². The van der Waals surface area contributed by atoms with E-state index in [9.17, 15) is 4.79 Å². The maximum Gasteiger partial charge on any atom is 0.233 e. The average Bonchev–Trinajstić information content (AvgIpc) is 2.54. The molecule has 1 aliphatic heterocycles. The van der Waals surface area contributed by atoms with Crippen LogP contribution in [0.25, 0.3) is 0 Å². The Kier molecular flexibility index (Phi) is 6.77. The zero-order valence-electron chi connectivity index (χ0n) is 14.0. The van der Waals surface area contributed by atoms with Crippen LogP contribution < -0.4 is 5.32 Å². The number of benzene rings is 1. The number of hydrogen-bond donors (Lipinski definition) is 1. The number of rotatable bonds is 6. The van der Waals surface area contributed by atoms with Gasteiger partial charge in [0.2, 0.25) is 5.91 Å². The van der Waals surface area contributed by atoms with Crippen molar-refractivity contribution in [3.05, 3.63) is 29.3 Å². The zero-order chi connectivity index (χ0) is 15.9. The average molecular weight is 321 g/mol. The summed E-state index contributed by atoms with van der Waals surface area (Å²) in [5.41, 5.74) is 2.51. The van der Waals surface area contributed by atoms with Gasteiger partial charge in [-0.25, -0.2) is 0 Å². The third-order valence-corrected chi connectivity index (χ3v) is 5.37. The molecule has 2 rings (SSSR count). The zero-order valence-corrected chi connectivity index (χ0v) is 14.8. The molecule has 4 heteroatoms. The van der Waals surface area contributed by atoms with Crippen molar-refractivity contribution in [1.29, 1.82) is 0 Å². The van der Waals surface area contributed by atoms with Crippen LogP contribution in [0.15, 0.2) is 23.1 Å². The van der Waals surface area contributed by atoms with Gasteiger partial charge >= 0.3 is 0 Å². The van der Waals surface area contributed by atoms with Gasteiger partial charge in [0.15, 0.2) is 0 Å². The molecule has 3 nitrogen and oxygen atoms in total. The summed E-state index contributed by atoms with van der Waals surface area (Å²) >= 11 is 1.68. The maximum atomic E-state index is 12.7. The minimum atomic E-state index is 0.291. The van der Waals surface area contributed by atoms with Crippen LogP contribution in [0.1, 0.15) is 37.3 Å². The molecule has 1 N–H and O–H groups in total. The van der Waals surface area contributed by atoms with Gasteiger partial charge in [-0.3, -0.25) is 4.79 Å². The van der Waals surface area contributed by atoms with Crippen LogP contribution in [0.2, 0.25) is 0 Å². The Morgan fingerprint density at radius 3 is 2.73 bits per heavy atom. The van der Waals surface area contributed by atoms with Crippen LogP contribution >= 0.6 is 11.8 Å². The number of nitrogens with one attached hydrogen (secondary N) is 1. The molecule has 1 saturated heterocycles. The first kappa shape index (κ1) is 17.4. The Morgan fingerprint density at radius 1 is 1.32 bits per heavy atom. The van der Waals surface area contributed by atoms with E-state index in [0.29, 0.717) is 17.7 Å². The van der Waals surface area contributed by atoms with Crippen molar-refractivity contribution in [3.63, 3.8) is 0 Å². The third kappa shape index (κ3) is 4.75. The Balaban J connectivity index is 1.96. The molecule has 1 heterocycles. The summed E-state index contributed by atoms with van der Waals surface area (Å²) in [7, 11) is 0. The lowest BCUT2D eigenvalue weighted by Gasteiger charge is -2.34. The smallest absolute Gasteiger partial charge is 0.233 e. The van der Waals surface area contributed by atoms with E-state index >= 15 is 0 Å². The molecule has 0 aromatic heterocycles. The summed E-state index contributed by atoms with van der Waals surface area (Å²) in [6, 6.07) is 6.87. The van der Waals surface area contributed by atoms with Gasteiger partial charge in [-0.1, -0.05) is 24.6 Å². The molecule has 0 bridgehead atoms. The normalized spacial score (nSPS) is 15.8. The molecule has 122 valence electrons. The van der Waals surface area contributed by atoms with Gasteiger partial charge in [0.25, 0.3) is 0 Å². The largest absolute Gasteiger partial charge is 0.339 e. The summed E-state index contributed by atoms with van der Waals surface area (Å²) in [4.78, 5) is 16.0. The van der Waals surface area contributed by atoms with E-state index in [1.807, 2.05) is 0 Å². The molecular formula is C18H28N2OS. The van der Waals surface area contributed by atoms with Gasteiger partial charge in [0, 0.05) is 17.5 Å². The van der Waals surface area contributed by atoms with Crippen LogP contribution in [0.5, 0.6) is 0 Å². The second-order valence-electron chi connectivity index (χ2n) is 6.13. The molecule has 0 radical (unpaired) electrons. The molecular weight excluding hydrogens is 292 g/mol. The lowest BCUT2D eigenvalue weighted by molar-refractivity contribution is -0.131. The number of nitrogens with zero attached hydrogens (tertiary/aromatic N) is 1. The SMILES string of the molecule is CCCN(C(=O)CSc1cc(C)ccc1C)C1CCNCC1. The summed E-state index contributed by atoms with van der Waals surface area (Å²) < 4.78 is 0. The van der Waals surface area contributed by atoms with E-state index in [1.54, 1.807) is 11.8 Å². The molecule has 0 atom stereocenters. The second-order valence-corrected chi connectivity index (χ2v) is 7.14. The summed E-state index contributed by atoms with van der Waals surface area (Å²) in [5.74, 6) is 0.841. The van der Waals surface area contributed by atoms with Crippen LogP contribution in [-0.4, -0.2) is 42.2 Å². The maximum absolute atomic E-state index is 12.7. The van der Waals surface area contributed by atoms with Crippen molar-refractivity contribution in [2.24, 2.45) is 0 Å². The highest BCUT2D eigenvalue weighted by Crippen LogP contribution is 2.24. The van der Waals surface area contributed by atoms with Crippen molar-refractivity contribution in [1.82, 2.24) is 10.2 Å². The molecule has 22 heavy (non-hydrogen) atoms. The highest BCUT2D eigenvalue weighted by Gasteiger charge is 2.24. The van der Waals surface area contributed by atoms with Crippen molar-refractivity contribution in [2.45, 2.75) is 51.0 Å². The van der Waals surface area contributed by atoms with E-state index in [0.717, 1.165) is 38.9 Å². The minimum Gasteiger partial charge on any atom is -0.339 e. The van der Waals surface area contributed by atoms with Gasteiger partial charge in [-0.05, 0) is 57.8 Å². The predicted octanol–water partition coefficient (Wildman–Crippen LogP) is 3.39. The number of aryl methyl sites for hydroxylation is 2. The van der Waals surface area contributed by atoms with Crippen LogP contribution in [0, 0.1) is 13.8 Å². The van der Waals surface area contributed by atoms with Gasteiger partial charge in [0.05, 0.1) is 5.75 Å². The van der Waals surface area contributed by atoms with E-state index in [4.69, 9.17) is 0 Å². The Morgan fingerprint density at radius 2 is 2.05 bits per heavy atom. The Labute approximate surface area is 138 Å². The number of carbonyl (C=O) groups is 1. The quantitative estimate of drug-likeness (QED) is 0.816. The molecule has 1 aromatic rings. The highest BCUT2D eigenvalue weighted by molar-refractivity contribution is 8.00. The fourth-order valence-corrected chi connectivity index (χ4v) is 3.97. The Bertz CT molecular complexity index is 498. The van der Waals surface area contributed by atoms with Gasteiger partial charge in [-0.2, -0.15) is 0 Å². The van der Waals surface area contributed by atoms with Crippen LogP contribution in [0.3, 0.4) is 0 Å². The fraction of sp³-hybridized carbons (Fsp3) is 0.611. The number of amides is 1. The van der Waals surface area contributed by atoms with Crippen molar-refractivity contribution in [3.8, 4) is 0 Å². The molecule has 0 saturated carbocycles. The van der Waals surface area contributed by atoms with E-state index in [1.165, 1.54) is 16.0 Å². The van der Waals surface area contributed by atoms with E-state index < -0.39 is 0 Å². The number of hydrogen-bond acceptors (Lipinski definition) is 3. The lowest BCUT2D eigenvalue weighted by atomic mass is 10.0. The van der Waals surface area contributed by atoms with Gasteiger partial charge < -0.3 is 10.2 Å². The predicted molar refractivity (Wildman–Crippen MR) is 94.5 cm³/mol. The summed E-state index contributed by atoms with van der Waals surface area (Å²) in [6.45, 7) is 9.31. The van der Waals surface area contributed by atoms with Crippen LogP contribution in [-0.2, 0) is 4.79 Å².